The van der Waals surface area contributed by atoms with E-state index in [1.807, 2.05) is 43.3 Å². The minimum absolute atomic E-state index is 0.0307. The van der Waals surface area contributed by atoms with Crippen LogP contribution in [0.2, 0.25) is 0 Å². The van der Waals surface area contributed by atoms with Crippen LogP contribution < -0.4 is 10.0 Å². The fourth-order valence-electron chi connectivity index (χ4n) is 3.09. The maximum absolute atomic E-state index is 12.5. The Balaban J connectivity index is 1.75. The number of nitrogens with one attached hydrogen (secondary N) is 2. The molecule has 8 heteroatoms. The van der Waals surface area contributed by atoms with Gasteiger partial charge < -0.3 is 14.8 Å². The fraction of sp³-hybridized carbons (Fsp3) is 0.480. The lowest BCUT2D eigenvalue weighted by molar-refractivity contribution is -0.121. The van der Waals surface area contributed by atoms with E-state index in [9.17, 15) is 13.2 Å². The molecule has 33 heavy (non-hydrogen) atoms. The molecule has 0 aromatic heterocycles. The summed E-state index contributed by atoms with van der Waals surface area (Å²) < 4.78 is 38.3. The smallest absolute Gasteiger partial charge is 0.240 e. The van der Waals surface area contributed by atoms with Gasteiger partial charge in [-0.3, -0.25) is 4.79 Å². The summed E-state index contributed by atoms with van der Waals surface area (Å²) >= 11 is 0. The zero-order chi connectivity index (χ0) is 24.3. The lowest BCUT2D eigenvalue weighted by atomic mass is 9.87. The molecule has 0 fully saturated rings. The van der Waals surface area contributed by atoms with Gasteiger partial charge in [0.05, 0.1) is 24.7 Å². The standard InChI is InChI=1S/C25H36N2O5S/c1-5-31-15-16-32-19-21-8-6-7-20(17-21)18-26-24(28)13-14-27-33(29,30)23-11-9-22(10-12-23)25(2,3)4/h6-12,17,27H,5,13-16,18-19H2,1-4H3,(H,26,28). The Morgan fingerprint density at radius 2 is 1.64 bits per heavy atom. The van der Waals surface area contributed by atoms with E-state index in [2.05, 4.69) is 30.8 Å². The number of carbonyl (C=O) groups excluding carboxylic acids is 1. The van der Waals surface area contributed by atoms with Gasteiger partial charge in [0.15, 0.2) is 0 Å². The highest BCUT2D eigenvalue weighted by Crippen LogP contribution is 2.23. The summed E-state index contributed by atoms with van der Waals surface area (Å²) in [5.74, 6) is -0.223. The van der Waals surface area contributed by atoms with E-state index in [0.717, 1.165) is 16.7 Å². The molecule has 0 saturated carbocycles. The van der Waals surface area contributed by atoms with E-state index < -0.39 is 10.0 Å². The second-order valence-corrected chi connectivity index (χ2v) is 10.5. The summed E-state index contributed by atoms with van der Waals surface area (Å²) in [5.41, 5.74) is 2.98. The van der Waals surface area contributed by atoms with Crippen molar-refractivity contribution in [2.75, 3.05) is 26.4 Å². The van der Waals surface area contributed by atoms with E-state index in [4.69, 9.17) is 9.47 Å². The van der Waals surface area contributed by atoms with Gasteiger partial charge in [0, 0.05) is 26.1 Å². The van der Waals surface area contributed by atoms with Gasteiger partial charge in [0.2, 0.25) is 15.9 Å². The first-order chi connectivity index (χ1) is 15.6. The van der Waals surface area contributed by atoms with Crippen molar-refractivity contribution in [1.82, 2.24) is 10.0 Å². The quantitative estimate of drug-likeness (QED) is 0.432. The van der Waals surface area contributed by atoms with Gasteiger partial charge in [-0.15, -0.1) is 0 Å². The molecule has 0 aliphatic rings. The zero-order valence-electron chi connectivity index (χ0n) is 20.0. The molecule has 2 aromatic carbocycles. The first-order valence-electron chi connectivity index (χ1n) is 11.2. The highest BCUT2D eigenvalue weighted by molar-refractivity contribution is 7.89. The molecule has 0 unspecified atom stereocenters. The number of benzene rings is 2. The number of rotatable bonds is 13. The van der Waals surface area contributed by atoms with Crippen molar-refractivity contribution >= 4 is 15.9 Å². The first-order valence-corrected chi connectivity index (χ1v) is 12.7. The van der Waals surface area contributed by atoms with Crippen LogP contribution in [-0.2, 0) is 42.9 Å². The number of ether oxygens (including phenoxy) is 2. The van der Waals surface area contributed by atoms with Crippen molar-refractivity contribution in [3.63, 3.8) is 0 Å². The highest BCUT2D eigenvalue weighted by atomic mass is 32.2. The second kappa shape index (κ2) is 12.8. The fourth-order valence-corrected chi connectivity index (χ4v) is 4.12. The summed E-state index contributed by atoms with van der Waals surface area (Å²) in [5, 5.41) is 2.83. The predicted octanol–water partition coefficient (Wildman–Crippen LogP) is 3.52. The number of hydrogen-bond donors (Lipinski definition) is 2. The van der Waals surface area contributed by atoms with Crippen molar-refractivity contribution < 1.29 is 22.7 Å². The van der Waals surface area contributed by atoms with Gasteiger partial charge in [-0.05, 0) is 41.2 Å². The summed E-state index contributed by atoms with van der Waals surface area (Å²) in [4.78, 5) is 12.4. The molecule has 182 valence electrons. The Morgan fingerprint density at radius 1 is 0.970 bits per heavy atom. The number of amides is 1. The molecule has 0 aliphatic heterocycles. The summed E-state index contributed by atoms with van der Waals surface area (Å²) in [6.07, 6.45) is 0.0551. The van der Waals surface area contributed by atoms with Gasteiger partial charge in [-0.25, -0.2) is 13.1 Å². The Kier molecular flexibility index (Phi) is 10.5. The third-order valence-electron chi connectivity index (χ3n) is 5.00. The van der Waals surface area contributed by atoms with Gasteiger partial charge in [0.25, 0.3) is 0 Å². The maximum atomic E-state index is 12.5. The van der Waals surface area contributed by atoms with Crippen LogP contribution in [0.25, 0.3) is 0 Å². The van der Waals surface area contributed by atoms with E-state index in [0.29, 0.717) is 33.0 Å². The largest absolute Gasteiger partial charge is 0.379 e. The molecule has 0 heterocycles. The molecule has 1 amide bonds. The molecule has 0 aliphatic carbocycles. The normalized spacial score (nSPS) is 12.0. The molecule has 2 rings (SSSR count). The summed E-state index contributed by atoms with van der Waals surface area (Å²) in [6.45, 7) is 10.8. The molecule has 0 saturated heterocycles. The Hall–Kier alpha value is -2.26. The number of hydrogen-bond acceptors (Lipinski definition) is 5. The molecular weight excluding hydrogens is 440 g/mol. The molecule has 0 bridgehead atoms. The van der Waals surface area contributed by atoms with Crippen molar-refractivity contribution in [1.29, 1.82) is 0 Å². The monoisotopic (exact) mass is 476 g/mol. The van der Waals surface area contributed by atoms with E-state index in [1.165, 1.54) is 0 Å². The van der Waals surface area contributed by atoms with E-state index in [-0.39, 0.29) is 29.2 Å². The average molecular weight is 477 g/mol. The van der Waals surface area contributed by atoms with Crippen molar-refractivity contribution in [2.24, 2.45) is 0 Å². The van der Waals surface area contributed by atoms with Crippen LogP contribution in [0.15, 0.2) is 53.4 Å². The third-order valence-corrected chi connectivity index (χ3v) is 6.48. The minimum atomic E-state index is -3.66. The summed E-state index contributed by atoms with van der Waals surface area (Å²) in [7, 11) is -3.66. The third kappa shape index (κ3) is 9.63. The molecule has 0 atom stereocenters. The zero-order valence-corrected chi connectivity index (χ0v) is 20.8. The van der Waals surface area contributed by atoms with E-state index in [1.54, 1.807) is 12.1 Å². The Bertz CT molecular complexity index is 983. The molecule has 7 nitrogen and oxygen atoms in total. The van der Waals surface area contributed by atoms with Crippen LogP contribution in [0.1, 0.15) is 50.8 Å². The van der Waals surface area contributed by atoms with Crippen LogP contribution in [0.5, 0.6) is 0 Å². The molecule has 2 N–H and O–H groups in total. The Morgan fingerprint density at radius 3 is 2.30 bits per heavy atom. The van der Waals surface area contributed by atoms with Crippen LogP contribution >= 0.6 is 0 Å². The van der Waals surface area contributed by atoms with Gasteiger partial charge in [-0.1, -0.05) is 57.2 Å². The minimum Gasteiger partial charge on any atom is -0.379 e. The lowest BCUT2D eigenvalue weighted by Crippen LogP contribution is -2.30. The van der Waals surface area contributed by atoms with Crippen LogP contribution in [0, 0.1) is 0 Å². The average Bonchev–Trinajstić information content (AvgIpc) is 2.77. The van der Waals surface area contributed by atoms with Gasteiger partial charge >= 0.3 is 0 Å². The van der Waals surface area contributed by atoms with Gasteiger partial charge in [-0.2, -0.15) is 0 Å². The lowest BCUT2D eigenvalue weighted by Gasteiger charge is -2.19. The van der Waals surface area contributed by atoms with Crippen molar-refractivity contribution in [3.8, 4) is 0 Å². The summed E-state index contributed by atoms with van der Waals surface area (Å²) in [6, 6.07) is 14.6. The number of sulfonamides is 1. The molecular formula is C25H36N2O5S. The SMILES string of the molecule is CCOCCOCc1cccc(CNC(=O)CCNS(=O)(=O)c2ccc(C(C)(C)C)cc2)c1. The van der Waals surface area contributed by atoms with Crippen LogP contribution in [-0.4, -0.2) is 40.7 Å². The topological polar surface area (TPSA) is 93.7 Å². The van der Waals surface area contributed by atoms with E-state index >= 15 is 0 Å². The molecule has 0 spiro atoms. The predicted molar refractivity (Wildman–Crippen MR) is 129 cm³/mol. The molecule has 0 radical (unpaired) electrons. The van der Waals surface area contributed by atoms with Crippen LogP contribution in [0.3, 0.4) is 0 Å². The first kappa shape index (κ1) is 27.0. The number of carbonyl (C=O) groups is 1. The van der Waals surface area contributed by atoms with Crippen molar-refractivity contribution in [2.45, 2.75) is 57.6 Å². The Labute approximate surface area is 197 Å². The van der Waals surface area contributed by atoms with Gasteiger partial charge in [0.1, 0.15) is 0 Å². The maximum Gasteiger partial charge on any atom is 0.240 e. The van der Waals surface area contributed by atoms with Crippen LogP contribution in [0.4, 0.5) is 0 Å². The molecule has 2 aromatic rings. The highest BCUT2D eigenvalue weighted by Gasteiger charge is 2.17. The second-order valence-electron chi connectivity index (χ2n) is 8.77. The van der Waals surface area contributed by atoms with Crippen molar-refractivity contribution in [3.05, 3.63) is 65.2 Å².